The third kappa shape index (κ3) is 5.20. The van der Waals surface area contributed by atoms with Crippen LogP contribution < -0.4 is 0 Å². The largest absolute Gasteiger partial charge is 0.459 e. The molecule has 2 aliphatic heterocycles. The first-order valence-corrected chi connectivity index (χ1v) is 12.5. The molecule has 0 amide bonds. The Bertz CT molecular complexity index is 1020. The highest BCUT2D eigenvalue weighted by Crippen LogP contribution is 2.25. The van der Waals surface area contributed by atoms with Crippen LogP contribution in [0.1, 0.15) is 18.1 Å². The van der Waals surface area contributed by atoms with E-state index in [1.807, 2.05) is 37.3 Å². The van der Waals surface area contributed by atoms with Crippen LogP contribution in [0, 0.1) is 6.92 Å². The number of benzene rings is 2. The Morgan fingerprint density at radius 2 is 1.62 bits per heavy atom. The van der Waals surface area contributed by atoms with Crippen LogP contribution in [-0.4, -0.2) is 79.9 Å². The van der Waals surface area contributed by atoms with Gasteiger partial charge in [0.2, 0.25) is 10.0 Å². The first-order chi connectivity index (χ1) is 15.3. The van der Waals surface area contributed by atoms with E-state index in [1.165, 1.54) is 12.5 Å². The molecular formula is C24H31N3O4S. The molecule has 0 aliphatic carbocycles. The van der Waals surface area contributed by atoms with E-state index >= 15 is 0 Å². The van der Waals surface area contributed by atoms with Crippen molar-refractivity contribution in [2.45, 2.75) is 37.4 Å². The van der Waals surface area contributed by atoms with Crippen LogP contribution in [0.4, 0.5) is 0 Å². The molecule has 1 unspecified atom stereocenters. The molecule has 2 aliphatic rings. The Labute approximate surface area is 190 Å². The molecule has 2 saturated heterocycles. The van der Waals surface area contributed by atoms with E-state index in [-0.39, 0.29) is 18.1 Å². The smallest absolute Gasteiger partial charge is 0.303 e. The molecule has 4 rings (SSSR count). The number of hydrogen-bond acceptors (Lipinski definition) is 6. The molecule has 2 aromatic rings. The summed E-state index contributed by atoms with van der Waals surface area (Å²) in [6, 6.07) is 17.3. The van der Waals surface area contributed by atoms with Gasteiger partial charge < -0.3 is 4.74 Å². The second-order valence-electron chi connectivity index (χ2n) is 8.65. The maximum absolute atomic E-state index is 13.0. The zero-order valence-corrected chi connectivity index (χ0v) is 19.5. The van der Waals surface area contributed by atoms with Crippen LogP contribution in [0.3, 0.4) is 0 Å². The SMILES string of the molecule is CC(=O)O[C@@H]1CN(Cc2ccccc2)CC1N1CCN(S(=O)(=O)c2ccc(C)cc2)CC1. The summed E-state index contributed by atoms with van der Waals surface area (Å²) in [6.07, 6.45) is -0.212. The summed E-state index contributed by atoms with van der Waals surface area (Å²) in [6.45, 7) is 7.76. The fourth-order valence-electron chi connectivity index (χ4n) is 4.62. The summed E-state index contributed by atoms with van der Waals surface area (Å²) in [4.78, 5) is 16.6. The van der Waals surface area contributed by atoms with Crippen molar-refractivity contribution in [3.63, 3.8) is 0 Å². The Morgan fingerprint density at radius 1 is 0.969 bits per heavy atom. The van der Waals surface area contributed by atoms with Crippen molar-refractivity contribution < 1.29 is 17.9 Å². The number of ether oxygens (including phenoxy) is 1. The predicted molar refractivity (Wildman–Crippen MR) is 123 cm³/mol. The lowest BCUT2D eigenvalue weighted by molar-refractivity contribution is -0.148. The fourth-order valence-corrected chi connectivity index (χ4v) is 6.04. The Balaban J connectivity index is 1.41. The molecule has 2 heterocycles. The van der Waals surface area contributed by atoms with Gasteiger partial charge in [0.05, 0.1) is 10.9 Å². The lowest BCUT2D eigenvalue weighted by atomic mass is 10.1. The van der Waals surface area contributed by atoms with Crippen LogP contribution in [-0.2, 0) is 26.1 Å². The molecule has 8 heteroatoms. The van der Waals surface area contributed by atoms with E-state index in [9.17, 15) is 13.2 Å². The van der Waals surface area contributed by atoms with Gasteiger partial charge in [0.15, 0.2) is 0 Å². The van der Waals surface area contributed by atoms with Gasteiger partial charge in [-0.3, -0.25) is 14.6 Å². The number of rotatable bonds is 6. The highest BCUT2D eigenvalue weighted by atomic mass is 32.2. The molecule has 0 N–H and O–H groups in total. The lowest BCUT2D eigenvalue weighted by Crippen LogP contribution is -2.55. The number of piperazine rings is 1. The van der Waals surface area contributed by atoms with E-state index in [0.717, 1.165) is 18.7 Å². The van der Waals surface area contributed by atoms with Crippen molar-refractivity contribution in [3.8, 4) is 0 Å². The number of aryl methyl sites for hydroxylation is 1. The third-order valence-electron chi connectivity index (χ3n) is 6.28. The number of carbonyl (C=O) groups excluding carboxylic acids is 1. The fraction of sp³-hybridized carbons (Fsp3) is 0.458. The molecule has 2 atom stereocenters. The molecule has 7 nitrogen and oxygen atoms in total. The minimum absolute atomic E-state index is 0.0619. The van der Waals surface area contributed by atoms with E-state index in [2.05, 4.69) is 21.9 Å². The van der Waals surface area contributed by atoms with Crippen molar-refractivity contribution in [1.29, 1.82) is 0 Å². The molecule has 0 radical (unpaired) electrons. The second-order valence-corrected chi connectivity index (χ2v) is 10.6. The number of sulfonamides is 1. The van der Waals surface area contributed by atoms with Gasteiger partial charge in [-0.1, -0.05) is 48.0 Å². The first-order valence-electron chi connectivity index (χ1n) is 11.1. The maximum atomic E-state index is 13.0. The van der Waals surface area contributed by atoms with Gasteiger partial charge in [0.25, 0.3) is 0 Å². The van der Waals surface area contributed by atoms with Gasteiger partial charge in [0, 0.05) is 52.7 Å². The van der Waals surface area contributed by atoms with Crippen LogP contribution in [0.15, 0.2) is 59.5 Å². The number of nitrogens with zero attached hydrogens (tertiary/aromatic N) is 3. The molecule has 0 spiro atoms. The number of likely N-dealkylation sites (tertiary alicyclic amines) is 1. The van der Waals surface area contributed by atoms with Crippen LogP contribution in [0.2, 0.25) is 0 Å². The minimum atomic E-state index is -3.50. The van der Waals surface area contributed by atoms with Crippen molar-refractivity contribution in [2.24, 2.45) is 0 Å². The Morgan fingerprint density at radius 3 is 2.25 bits per heavy atom. The van der Waals surface area contributed by atoms with E-state index in [1.54, 1.807) is 16.4 Å². The molecule has 0 bridgehead atoms. The molecule has 172 valence electrons. The second kappa shape index (κ2) is 9.70. The van der Waals surface area contributed by atoms with Crippen molar-refractivity contribution in [2.75, 3.05) is 39.3 Å². The average molecular weight is 458 g/mol. The van der Waals surface area contributed by atoms with Crippen molar-refractivity contribution in [1.82, 2.24) is 14.1 Å². The summed E-state index contributed by atoms with van der Waals surface area (Å²) in [5, 5.41) is 0. The van der Waals surface area contributed by atoms with Gasteiger partial charge >= 0.3 is 5.97 Å². The number of hydrogen-bond donors (Lipinski definition) is 0. The van der Waals surface area contributed by atoms with Crippen molar-refractivity contribution >= 4 is 16.0 Å². The predicted octanol–water partition coefficient (Wildman–Crippen LogP) is 2.12. The summed E-state index contributed by atoms with van der Waals surface area (Å²) >= 11 is 0. The van der Waals surface area contributed by atoms with Gasteiger partial charge in [-0.2, -0.15) is 4.31 Å². The van der Waals surface area contributed by atoms with Gasteiger partial charge in [-0.25, -0.2) is 8.42 Å². The molecule has 0 aromatic heterocycles. The third-order valence-corrected chi connectivity index (χ3v) is 8.19. The maximum Gasteiger partial charge on any atom is 0.303 e. The Hall–Kier alpha value is -2.26. The zero-order chi connectivity index (χ0) is 22.7. The van der Waals surface area contributed by atoms with Gasteiger partial charge in [-0.15, -0.1) is 0 Å². The van der Waals surface area contributed by atoms with E-state index < -0.39 is 10.0 Å². The average Bonchev–Trinajstić information content (AvgIpc) is 3.16. The monoisotopic (exact) mass is 457 g/mol. The molecule has 2 fully saturated rings. The normalized spacial score (nSPS) is 23.3. The van der Waals surface area contributed by atoms with E-state index in [4.69, 9.17) is 4.74 Å². The molecule has 2 aromatic carbocycles. The van der Waals surface area contributed by atoms with Crippen LogP contribution in [0.5, 0.6) is 0 Å². The van der Waals surface area contributed by atoms with Crippen LogP contribution in [0.25, 0.3) is 0 Å². The van der Waals surface area contributed by atoms with Gasteiger partial charge in [0.1, 0.15) is 6.10 Å². The topological polar surface area (TPSA) is 70.2 Å². The Kier molecular flexibility index (Phi) is 6.95. The summed E-state index contributed by atoms with van der Waals surface area (Å²) < 4.78 is 33.3. The highest BCUT2D eigenvalue weighted by Gasteiger charge is 2.41. The summed E-state index contributed by atoms with van der Waals surface area (Å²) in [7, 11) is -3.50. The zero-order valence-electron chi connectivity index (χ0n) is 18.7. The van der Waals surface area contributed by atoms with Gasteiger partial charge in [-0.05, 0) is 24.6 Å². The number of carbonyl (C=O) groups is 1. The highest BCUT2D eigenvalue weighted by molar-refractivity contribution is 7.89. The summed E-state index contributed by atoms with van der Waals surface area (Å²) in [5.74, 6) is -0.276. The standard InChI is InChI=1S/C24H31N3O4S/c1-19-8-10-22(11-9-19)32(29,30)27-14-12-26(13-15-27)23-17-25(18-24(23)31-20(2)28)16-21-6-4-3-5-7-21/h3-11,23-24H,12-18H2,1-2H3/t23?,24-/m1/s1. The van der Waals surface area contributed by atoms with Crippen molar-refractivity contribution in [3.05, 3.63) is 65.7 Å². The molecule has 32 heavy (non-hydrogen) atoms. The lowest BCUT2D eigenvalue weighted by Gasteiger charge is -2.38. The minimum Gasteiger partial charge on any atom is -0.459 e. The first kappa shape index (κ1) is 22.9. The molecular weight excluding hydrogens is 426 g/mol. The van der Waals surface area contributed by atoms with E-state index in [0.29, 0.717) is 37.6 Å². The number of esters is 1. The summed E-state index contributed by atoms with van der Waals surface area (Å²) in [5.41, 5.74) is 2.26. The van der Waals surface area contributed by atoms with Crippen LogP contribution >= 0.6 is 0 Å². The quantitative estimate of drug-likeness (QED) is 0.619. The molecule has 0 saturated carbocycles.